The summed E-state index contributed by atoms with van der Waals surface area (Å²) in [4.78, 5) is 4.69. The van der Waals surface area contributed by atoms with Crippen molar-refractivity contribution in [2.75, 3.05) is 31.3 Å². The minimum Gasteiger partial charge on any atom is -0.378 e. The van der Waals surface area contributed by atoms with Gasteiger partial charge in [0.15, 0.2) is 0 Å². The maximum Gasteiger partial charge on any atom is 0.146 e. The number of halogens is 2. The van der Waals surface area contributed by atoms with E-state index in [0.717, 1.165) is 43.2 Å². The first-order chi connectivity index (χ1) is 9.16. The highest BCUT2D eigenvalue weighted by molar-refractivity contribution is 14.1. The molecular formula is C13H15ClIN3O. The topological polar surface area (TPSA) is 30.3 Å². The maximum absolute atomic E-state index is 6.30. The lowest BCUT2D eigenvalue weighted by molar-refractivity contribution is 0.111. The molecule has 6 heteroatoms. The van der Waals surface area contributed by atoms with Crippen LogP contribution in [0.4, 0.5) is 0 Å². The summed E-state index contributed by atoms with van der Waals surface area (Å²) in [7, 11) is 0. The minimum atomic E-state index is -0.118. The molecule has 1 unspecified atom stereocenters. The normalized spacial score (nSPS) is 17.9. The molecule has 2 aromatic rings. The van der Waals surface area contributed by atoms with Crippen LogP contribution in [0.15, 0.2) is 18.2 Å². The SMILES string of the molecule is CC(Cl)c1nc2cc(I)ccc2n1N1CCOCC1. The molecule has 1 fully saturated rings. The first-order valence-corrected chi connectivity index (χ1v) is 7.83. The Morgan fingerprint density at radius 1 is 1.37 bits per heavy atom. The van der Waals surface area contributed by atoms with Gasteiger partial charge in [-0.25, -0.2) is 9.66 Å². The Labute approximate surface area is 130 Å². The van der Waals surface area contributed by atoms with Crippen LogP contribution in [0.5, 0.6) is 0 Å². The molecular weight excluding hydrogens is 377 g/mol. The number of hydrogen-bond donors (Lipinski definition) is 0. The average Bonchev–Trinajstić information content (AvgIpc) is 2.78. The molecule has 0 bridgehead atoms. The second-order valence-electron chi connectivity index (χ2n) is 4.60. The Morgan fingerprint density at radius 2 is 2.11 bits per heavy atom. The molecule has 2 heterocycles. The highest BCUT2D eigenvalue weighted by atomic mass is 127. The van der Waals surface area contributed by atoms with Crippen molar-refractivity contribution in [3.8, 4) is 0 Å². The number of morpholine rings is 1. The van der Waals surface area contributed by atoms with Crippen LogP contribution in [0.3, 0.4) is 0 Å². The summed E-state index contributed by atoms with van der Waals surface area (Å²) < 4.78 is 8.76. The number of hydrogen-bond acceptors (Lipinski definition) is 3. The van der Waals surface area contributed by atoms with E-state index in [4.69, 9.17) is 21.3 Å². The largest absolute Gasteiger partial charge is 0.378 e. The molecule has 1 atom stereocenters. The summed E-state index contributed by atoms with van der Waals surface area (Å²) in [6.45, 7) is 5.20. The first-order valence-electron chi connectivity index (χ1n) is 6.32. The summed E-state index contributed by atoms with van der Waals surface area (Å²) in [5.74, 6) is 0.903. The van der Waals surface area contributed by atoms with E-state index >= 15 is 0 Å². The Kier molecular flexibility index (Phi) is 3.86. The predicted octanol–water partition coefficient (Wildman–Crippen LogP) is 2.91. The lowest BCUT2D eigenvalue weighted by atomic mass is 10.3. The Hall–Kier alpha value is -0.530. The van der Waals surface area contributed by atoms with Crippen LogP contribution in [0.2, 0.25) is 0 Å². The van der Waals surface area contributed by atoms with E-state index < -0.39 is 0 Å². The molecule has 1 saturated heterocycles. The number of aromatic nitrogens is 2. The molecule has 1 aliphatic heterocycles. The molecule has 0 amide bonds. The van der Waals surface area contributed by atoms with E-state index in [1.165, 1.54) is 3.57 Å². The lowest BCUT2D eigenvalue weighted by Gasteiger charge is -2.31. The second-order valence-corrected chi connectivity index (χ2v) is 6.50. The summed E-state index contributed by atoms with van der Waals surface area (Å²) in [5.41, 5.74) is 2.12. The third kappa shape index (κ3) is 2.55. The molecule has 0 spiro atoms. The molecule has 0 N–H and O–H groups in total. The number of fused-ring (bicyclic) bond motifs is 1. The van der Waals surface area contributed by atoms with Crippen LogP contribution in [0.25, 0.3) is 11.0 Å². The summed E-state index contributed by atoms with van der Waals surface area (Å²) >= 11 is 8.60. The van der Waals surface area contributed by atoms with Crippen molar-refractivity contribution in [2.24, 2.45) is 0 Å². The molecule has 1 aromatic carbocycles. The van der Waals surface area contributed by atoms with E-state index in [9.17, 15) is 0 Å². The molecule has 0 aliphatic carbocycles. The van der Waals surface area contributed by atoms with Crippen LogP contribution in [0.1, 0.15) is 18.1 Å². The van der Waals surface area contributed by atoms with E-state index in [0.29, 0.717) is 0 Å². The van der Waals surface area contributed by atoms with E-state index in [1.807, 2.05) is 6.92 Å². The van der Waals surface area contributed by atoms with Crippen molar-refractivity contribution < 1.29 is 4.74 Å². The van der Waals surface area contributed by atoms with Crippen molar-refractivity contribution in [1.82, 2.24) is 9.66 Å². The van der Waals surface area contributed by atoms with Crippen molar-refractivity contribution in [3.63, 3.8) is 0 Å². The van der Waals surface area contributed by atoms with Gasteiger partial charge in [0.05, 0.1) is 42.7 Å². The minimum absolute atomic E-state index is 0.118. The zero-order valence-corrected chi connectivity index (χ0v) is 13.6. The highest BCUT2D eigenvalue weighted by Gasteiger charge is 2.21. The number of nitrogens with zero attached hydrogens (tertiary/aromatic N) is 3. The zero-order valence-electron chi connectivity index (χ0n) is 10.6. The zero-order chi connectivity index (χ0) is 13.4. The fourth-order valence-electron chi connectivity index (χ4n) is 2.37. The predicted molar refractivity (Wildman–Crippen MR) is 85.5 cm³/mol. The number of benzene rings is 1. The van der Waals surface area contributed by atoms with E-state index in [2.05, 4.69) is 50.5 Å². The lowest BCUT2D eigenvalue weighted by Crippen LogP contribution is -2.44. The third-order valence-corrected chi connectivity index (χ3v) is 4.11. The Balaban J connectivity index is 2.15. The van der Waals surface area contributed by atoms with Gasteiger partial charge in [-0.1, -0.05) is 0 Å². The third-order valence-electron chi connectivity index (χ3n) is 3.24. The Bertz CT molecular complexity index is 593. The monoisotopic (exact) mass is 391 g/mol. The molecule has 4 nitrogen and oxygen atoms in total. The van der Waals surface area contributed by atoms with Gasteiger partial charge in [0.2, 0.25) is 0 Å². The van der Waals surface area contributed by atoms with Crippen LogP contribution in [0, 0.1) is 3.57 Å². The van der Waals surface area contributed by atoms with Crippen LogP contribution >= 0.6 is 34.2 Å². The van der Waals surface area contributed by atoms with Gasteiger partial charge in [0.25, 0.3) is 0 Å². The van der Waals surface area contributed by atoms with Gasteiger partial charge in [-0.15, -0.1) is 11.6 Å². The molecule has 1 aliphatic rings. The van der Waals surface area contributed by atoms with Crippen LogP contribution in [-0.2, 0) is 4.74 Å². The second kappa shape index (κ2) is 5.46. The first kappa shape index (κ1) is 13.5. The van der Waals surface area contributed by atoms with Gasteiger partial charge < -0.3 is 9.75 Å². The van der Waals surface area contributed by atoms with Gasteiger partial charge in [0, 0.05) is 3.57 Å². The fraction of sp³-hybridized carbons (Fsp3) is 0.462. The molecule has 0 saturated carbocycles. The van der Waals surface area contributed by atoms with Gasteiger partial charge >= 0.3 is 0 Å². The van der Waals surface area contributed by atoms with Crippen molar-refractivity contribution in [2.45, 2.75) is 12.3 Å². The quantitative estimate of drug-likeness (QED) is 0.582. The van der Waals surface area contributed by atoms with Gasteiger partial charge in [0.1, 0.15) is 5.82 Å². The van der Waals surface area contributed by atoms with Crippen molar-refractivity contribution in [1.29, 1.82) is 0 Å². The van der Waals surface area contributed by atoms with Gasteiger partial charge in [-0.05, 0) is 47.7 Å². The van der Waals surface area contributed by atoms with E-state index in [-0.39, 0.29) is 5.38 Å². The summed E-state index contributed by atoms with van der Waals surface area (Å²) in [5, 5.41) is 2.15. The summed E-state index contributed by atoms with van der Waals surface area (Å²) in [6, 6.07) is 6.31. The molecule has 3 rings (SSSR count). The Morgan fingerprint density at radius 3 is 2.79 bits per heavy atom. The van der Waals surface area contributed by atoms with Crippen molar-refractivity contribution in [3.05, 3.63) is 27.6 Å². The smallest absolute Gasteiger partial charge is 0.146 e. The molecule has 102 valence electrons. The van der Waals surface area contributed by atoms with E-state index in [1.54, 1.807) is 0 Å². The number of imidazole rings is 1. The number of rotatable bonds is 2. The molecule has 19 heavy (non-hydrogen) atoms. The highest BCUT2D eigenvalue weighted by Crippen LogP contribution is 2.26. The van der Waals surface area contributed by atoms with Gasteiger partial charge in [-0.2, -0.15) is 0 Å². The standard InChI is InChI=1S/C13H15ClIN3O/c1-9(14)13-16-11-8-10(15)2-3-12(11)18(13)17-4-6-19-7-5-17/h2-3,8-9H,4-7H2,1H3. The number of ether oxygens (including phenoxy) is 1. The van der Waals surface area contributed by atoms with Crippen LogP contribution in [-0.4, -0.2) is 36.0 Å². The maximum atomic E-state index is 6.30. The average molecular weight is 392 g/mol. The molecule has 0 radical (unpaired) electrons. The summed E-state index contributed by atoms with van der Waals surface area (Å²) in [6.07, 6.45) is 0. The van der Waals surface area contributed by atoms with Gasteiger partial charge in [-0.3, -0.25) is 0 Å². The van der Waals surface area contributed by atoms with Crippen molar-refractivity contribution >= 4 is 45.2 Å². The van der Waals surface area contributed by atoms with Crippen LogP contribution < -0.4 is 5.01 Å². The number of alkyl halides is 1. The molecule has 1 aromatic heterocycles. The fourth-order valence-corrected chi connectivity index (χ4v) is 2.98.